The number of hydrogen-bond acceptors (Lipinski definition) is 3. The summed E-state index contributed by atoms with van der Waals surface area (Å²) in [5.41, 5.74) is 0.251. The molecule has 1 aliphatic heterocycles. The zero-order valence-corrected chi connectivity index (χ0v) is 11.7. The van der Waals surface area contributed by atoms with E-state index < -0.39 is 12.0 Å². The van der Waals surface area contributed by atoms with E-state index in [-0.39, 0.29) is 11.3 Å². The summed E-state index contributed by atoms with van der Waals surface area (Å²) < 4.78 is 0. The highest BCUT2D eigenvalue weighted by molar-refractivity contribution is 5.82. The molecule has 18 heavy (non-hydrogen) atoms. The normalized spacial score (nSPS) is 22.8. The van der Waals surface area contributed by atoms with Gasteiger partial charge in [0.2, 0.25) is 5.91 Å². The molecule has 0 saturated carbocycles. The van der Waals surface area contributed by atoms with Crippen LogP contribution in [-0.2, 0) is 9.59 Å². The van der Waals surface area contributed by atoms with E-state index in [1.807, 2.05) is 0 Å². The van der Waals surface area contributed by atoms with Crippen molar-refractivity contribution in [3.8, 4) is 0 Å². The van der Waals surface area contributed by atoms with Crippen LogP contribution in [0.4, 0.5) is 0 Å². The van der Waals surface area contributed by atoms with Crippen LogP contribution in [0.1, 0.15) is 34.1 Å². The number of carboxylic acid groups (broad SMARTS) is 1. The number of rotatable bonds is 4. The number of nitrogens with zero attached hydrogens (tertiary/aromatic N) is 1. The summed E-state index contributed by atoms with van der Waals surface area (Å²) in [7, 11) is 0. The van der Waals surface area contributed by atoms with Crippen molar-refractivity contribution in [2.45, 2.75) is 40.2 Å². The van der Waals surface area contributed by atoms with E-state index in [0.717, 1.165) is 19.5 Å². The largest absolute Gasteiger partial charge is 0.480 e. The van der Waals surface area contributed by atoms with Gasteiger partial charge < -0.3 is 15.3 Å². The third-order valence-electron chi connectivity index (χ3n) is 3.61. The standard InChI is InChI=1S/C13H24N2O3/c1-9(16)14-11(12(17)18)8-15-6-5-10(7-15)13(2,3)4/h10-11H,5-8H2,1-4H3,(H,14,16)(H,17,18). The average molecular weight is 256 g/mol. The van der Waals surface area contributed by atoms with Crippen LogP contribution in [0.15, 0.2) is 0 Å². The summed E-state index contributed by atoms with van der Waals surface area (Å²) in [4.78, 5) is 24.2. The topological polar surface area (TPSA) is 69.6 Å². The number of hydrogen-bond donors (Lipinski definition) is 2. The minimum atomic E-state index is -0.968. The van der Waals surface area contributed by atoms with Crippen molar-refractivity contribution >= 4 is 11.9 Å². The van der Waals surface area contributed by atoms with Crippen molar-refractivity contribution < 1.29 is 14.7 Å². The Hall–Kier alpha value is -1.10. The highest BCUT2D eigenvalue weighted by Crippen LogP contribution is 2.33. The molecule has 0 aromatic heterocycles. The molecule has 1 rings (SSSR count). The van der Waals surface area contributed by atoms with Crippen LogP contribution in [0.3, 0.4) is 0 Å². The van der Waals surface area contributed by atoms with E-state index in [0.29, 0.717) is 12.5 Å². The molecule has 0 spiro atoms. The third kappa shape index (κ3) is 4.29. The monoisotopic (exact) mass is 256 g/mol. The molecule has 104 valence electrons. The van der Waals surface area contributed by atoms with Gasteiger partial charge in [-0.15, -0.1) is 0 Å². The Morgan fingerprint density at radius 1 is 1.44 bits per heavy atom. The predicted octanol–water partition coefficient (Wildman–Crippen LogP) is 0.944. The summed E-state index contributed by atoms with van der Waals surface area (Å²) in [5.74, 6) is -0.678. The van der Waals surface area contributed by atoms with Gasteiger partial charge in [-0.3, -0.25) is 4.79 Å². The van der Waals surface area contributed by atoms with Crippen LogP contribution < -0.4 is 5.32 Å². The summed E-state index contributed by atoms with van der Waals surface area (Å²) >= 11 is 0. The fourth-order valence-corrected chi connectivity index (χ4v) is 2.39. The van der Waals surface area contributed by atoms with Crippen LogP contribution in [-0.4, -0.2) is 47.6 Å². The number of carbonyl (C=O) groups is 2. The molecule has 0 aromatic rings. The van der Waals surface area contributed by atoms with Crippen LogP contribution in [0, 0.1) is 11.3 Å². The van der Waals surface area contributed by atoms with Crippen molar-refractivity contribution in [1.29, 1.82) is 0 Å². The molecule has 5 heteroatoms. The van der Waals surface area contributed by atoms with Gasteiger partial charge in [0, 0.05) is 20.0 Å². The molecule has 2 N–H and O–H groups in total. The molecule has 2 atom stereocenters. The van der Waals surface area contributed by atoms with Crippen molar-refractivity contribution in [3.63, 3.8) is 0 Å². The lowest BCUT2D eigenvalue weighted by Crippen LogP contribution is -2.47. The minimum absolute atomic E-state index is 0.251. The summed E-state index contributed by atoms with van der Waals surface area (Å²) in [5, 5.41) is 11.5. The van der Waals surface area contributed by atoms with Gasteiger partial charge >= 0.3 is 5.97 Å². The summed E-state index contributed by atoms with van der Waals surface area (Å²) in [6.07, 6.45) is 1.09. The number of likely N-dealkylation sites (tertiary alicyclic amines) is 1. The lowest BCUT2D eigenvalue weighted by molar-refractivity contribution is -0.142. The lowest BCUT2D eigenvalue weighted by atomic mass is 9.80. The van der Waals surface area contributed by atoms with Crippen LogP contribution in [0.25, 0.3) is 0 Å². The SMILES string of the molecule is CC(=O)NC(CN1CCC(C(C)(C)C)C1)C(=O)O. The third-order valence-corrected chi connectivity index (χ3v) is 3.61. The van der Waals surface area contributed by atoms with E-state index in [2.05, 4.69) is 31.0 Å². The molecule has 1 saturated heterocycles. The molecule has 1 aliphatic rings. The highest BCUT2D eigenvalue weighted by atomic mass is 16.4. The molecular formula is C13H24N2O3. The van der Waals surface area contributed by atoms with Crippen molar-refractivity contribution in [2.75, 3.05) is 19.6 Å². The molecule has 1 amide bonds. The van der Waals surface area contributed by atoms with Crippen molar-refractivity contribution in [1.82, 2.24) is 10.2 Å². The van der Waals surface area contributed by atoms with E-state index in [1.165, 1.54) is 6.92 Å². The average Bonchev–Trinajstić information content (AvgIpc) is 2.63. The molecule has 1 fully saturated rings. The van der Waals surface area contributed by atoms with Gasteiger partial charge in [-0.2, -0.15) is 0 Å². The first-order valence-corrected chi connectivity index (χ1v) is 6.42. The first-order chi connectivity index (χ1) is 8.20. The van der Waals surface area contributed by atoms with Crippen LogP contribution in [0.2, 0.25) is 0 Å². The number of nitrogens with one attached hydrogen (secondary N) is 1. The number of amides is 1. The van der Waals surface area contributed by atoms with Gasteiger partial charge in [-0.05, 0) is 24.3 Å². The van der Waals surface area contributed by atoms with Gasteiger partial charge in [0.15, 0.2) is 0 Å². The fourth-order valence-electron chi connectivity index (χ4n) is 2.39. The zero-order valence-electron chi connectivity index (χ0n) is 11.7. The smallest absolute Gasteiger partial charge is 0.327 e. The van der Waals surface area contributed by atoms with E-state index in [4.69, 9.17) is 5.11 Å². The van der Waals surface area contributed by atoms with Gasteiger partial charge in [-0.1, -0.05) is 20.8 Å². The maximum absolute atomic E-state index is 11.1. The quantitative estimate of drug-likeness (QED) is 0.785. The summed E-state index contributed by atoms with van der Waals surface area (Å²) in [6, 6.07) is -0.804. The Bertz CT molecular complexity index is 323. The second kappa shape index (κ2) is 5.69. The van der Waals surface area contributed by atoms with Gasteiger partial charge in [-0.25, -0.2) is 4.79 Å². The molecule has 0 aromatic carbocycles. The Morgan fingerprint density at radius 2 is 2.06 bits per heavy atom. The van der Waals surface area contributed by atoms with Crippen molar-refractivity contribution in [3.05, 3.63) is 0 Å². The molecule has 2 unspecified atom stereocenters. The maximum atomic E-state index is 11.1. The Labute approximate surface area is 109 Å². The molecule has 5 nitrogen and oxygen atoms in total. The maximum Gasteiger partial charge on any atom is 0.327 e. The fraction of sp³-hybridized carbons (Fsp3) is 0.846. The molecule has 0 bridgehead atoms. The van der Waals surface area contributed by atoms with Gasteiger partial charge in [0.25, 0.3) is 0 Å². The Kier molecular flexibility index (Phi) is 4.73. The molecular weight excluding hydrogens is 232 g/mol. The second-order valence-electron chi connectivity index (χ2n) is 6.20. The Morgan fingerprint density at radius 3 is 2.44 bits per heavy atom. The first-order valence-electron chi connectivity index (χ1n) is 6.42. The summed E-state index contributed by atoms with van der Waals surface area (Å²) in [6.45, 7) is 10.2. The molecule has 0 radical (unpaired) electrons. The van der Waals surface area contributed by atoms with E-state index >= 15 is 0 Å². The zero-order chi connectivity index (χ0) is 13.9. The number of carboxylic acids is 1. The van der Waals surface area contributed by atoms with Crippen LogP contribution >= 0.6 is 0 Å². The number of carbonyl (C=O) groups excluding carboxylic acids is 1. The first kappa shape index (κ1) is 15.0. The van der Waals surface area contributed by atoms with Crippen molar-refractivity contribution in [2.24, 2.45) is 11.3 Å². The van der Waals surface area contributed by atoms with Gasteiger partial charge in [0.05, 0.1) is 0 Å². The molecule has 0 aliphatic carbocycles. The Balaban J connectivity index is 2.52. The van der Waals surface area contributed by atoms with Gasteiger partial charge in [0.1, 0.15) is 6.04 Å². The second-order valence-corrected chi connectivity index (χ2v) is 6.20. The number of aliphatic carboxylic acids is 1. The highest BCUT2D eigenvalue weighted by Gasteiger charge is 2.33. The van der Waals surface area contributed by atoms with E-state index in [9.17, 15) is 9.59 Å². The predicted molar refractivity (Wildman–Crippen MR) is 69.2 cm³/mol. The molecule has 1 heterocycles. The lowest BCUT2D eigenvalue weighted by Gasteiger charge is -2.27. The minimum Gasteiger partial charge on any atom is -0.480 e. The van der Waals surface area contributed by atoms with Crippen LogP contribution in [0.5, 0.6) is 0 Å². The van der Waals surface area contributed by atoms with E-state index in [1.54, 1.807) is 0 Å².